The Balaban J connectivity index is 2.51. The maximum Gasteiger partial charge on any atom is 0.234 e. The van der Waals surface area contributed by atoms with Gasteiger partial charge in [-0.25, -0.2) is 0 Å². The van der Waals surface area contributed by atoms with E-state index >= 15 is 0 Å². The van der Waals surface area contributed by atoms with Crippen LogP contribution in [0.15, 0.2) is 24.3 Å². The average molecular weight is 264 g/mol. The molecule has 0 unspecified atom stereocenters. The zero-order chi connectivity index (χ0) is 14.3. The number of carbonyl (C=O) groups excluding carboxylic acids is 1. The maximum atomic E-state index is 11.6. The van der Waals surface area contributed by atoms with E-state index in [4.69, 9.17) is 4.74 Å². The highest BCUT2D eigenvalue weighted by Gasteiger charge is 2.19. The summed E-state index contributed by atoms with van der Waals surface area (Å²) >= 11 is 0. The van der Waals surface area contributed by atoms with Crippen molar-refractivity contribution < 1.29 is 9.53 Å². The number of methoxy groups -OCH3 is 1. The number of benzene rings is 1. The number of hydrogen-bond donors (Lipinski definition) is 2. The van der Waals surface area contributed by atoms with Gasteiger partial charge in [-0.3, -0.25) is 4.79 Å². The lowest BCUT2D eigenvalue weighted by Crippen LogP contribution is -2.46. The molecule has 0 aliphatic carbocycles. The fraction of sp³-hybridized carbons (Fsp3) is 0.533. The van der Waals surface area contributed by atoms with E-state index in [1.54, 1.807) is 14.2 Å². The Kier molecular flexibility index (Phi) is 5.83. The summed E-state index contributed by atoms with van der Waals surface area (Å²) in [5.41, 5.74) is 1.01. The highest BCUT2D eigenvalue weighted by atomic mass is 16.5. The first-order valence-corrected chi connectivity index (χ1v) is 6.55. The minimum Gasteiger partial charge on any atom is -0.497 e. The quantitative estimate of drug-likeness (QED) is 0.788. The lowest BCUT2D eigenvalue weighted by molar-refractivity contribution is -0.121. The molecule has 0 heterocycles. The van der Waals surface area contributed by atoms with E-state index in [-0.39, 0.29) is 11.4 Å². The van der Waals surface area contributed by atoms with Gasteiger partial charge < -0.3 is 15.4 Å². The van der Waals surface area contributed by atoms with Crippen molar-refractivity contribution >= 4 is 5.91 Å². The lowest BCUT2D eigenvalue weighted by atomic mass is 9.95. The highest BCUT2D eigenvalue weighted by molar-refractivity contribution is 5.78. The first-order valence-electron chi connectivity index (χ1n) is 6.55. The second kappa shape index (κ2) is 7.14. The minimum absolute atomic E-state index is 0.0261. The number of ether oxygens (including phenoxy) is 1. The third-order valence-corrected chi connectivity index (χ3v) is 2.99. The predicted octanol–water partition coefficient (Wildman–Crippen LogP) is 1.74. The molecule has 4 heteroatoms. The summed E-state index contributed by atoms with van der Waals surface area (Å²) in [6.07, 6.45) is 1.79. The highest BCUT2D eigenvalue weighted by Crippen LogP contribution is 2.17. The zero-order valence-electron chi connectivity index (χ0n) is 12.2. The number of amides is 1. The summed E-state index contributed by atoms with van der Waals surface area (Å²) in [6.45, 7) is 4.43. The van der Waals surface area contributed by atoms with Crippen LogP contribution in [-0.2, 0) is 11.2 Å². The number of carbonyl (C=O) groups is 1. The van der Waals surface area contributed by atoms with Crippen molar-refractivity contribution in [2.45, 2.75) is 32.2 Å². The van der Waals surface area contributed by atoms with Gasteiger partial charge in [-0.05, 0) is 51.4 Å². The summed E-state index contributed by atoms with van der Waals surface area (Å²) < 4.78 is 5.21. The van der Waals surface area contributed by atoms with Gasteiger partial charge in [0.15, 0.2) is 0 Å². The van der Waals surface area contributed by atoms with Gasteiger partial charge in [0.2, 0.25) is 5.91 Å². The van der Waals surface area contributed by atoms with Crippen molar-refractivity contribution in [2.24, 2.45) is 0 Å². The SMILES string of the molecule is CNCC(=O)NC(C)(C)CCc1cccc(OC)c1. The molecule has 1 aromatic rings. The fourth-order valence-electron chi connectivity index (χ4n) is 1.93. The van der Waals surface area contributed by atoms with Crippen LogP contribution >= 0.6 is 0 Å². The van der Waals surface area contributed by atoms with Gasteiger partial charge in [-0.2, -0.15) is 0 Å². The van der Waals surface area contributed by atoms with Crippen LogP contribution in [0, 0.1) is 0 Å². The second-order valence-corrected chi connectivity index (χ2v) is 5.31. The van der Waals surface area contributed by atoms with Gasteiger partial charge >= 0.3 is 0 Å². The van der Waals surface area contributed by atoms with Crippen LogP contribution in [0.25, 0.3) is 0 Å². The smallest absolute Gasteiger partial charge is 0.234 e. The molecule has 1 amide bonds. The molecule has 0 fully saturated rings. The summed E-state index contributed by atoms with van der Waals surface area (Å²) in [6, 6.07) is 8.03. The molecule has 0 aliphatic rings. The standard InChI is InChI=1S/C15H24N2O2/c1-15(2,17-14(18)11-16-3)9-8-12-6-5-7-13(10-12)19-4/h5-7,10,16H,8-9,11H2,1-4H3,(H,17,18). The van der Waals surface area contributed by atoms with Gasteiger partial charge in [0.05, 0.1) is 13.7 Å². The fourth-order valence-corrected chi connectivity index (χ4v) is 1.93. The predicted molar refractivity (Wildman–Crippen MR) is 77.5 cm³/mol. The third-order valence-electron chi connectivity index (χ3n) is 2.99. The van der Waals surface area contributed by atoms with Gasteiger partial charge in [-0.15, -0.1) is 0 Å². The summed E-state index contributed by atoms with van der Waals surface area (Å²) in [4.78, 5) is 11.6. The Morgan fingerprint density at radius 3 is 2.74 bits per heavy atom. The van der Waals surface area contributed by atoms with Crippen LogP contribution in [0.3, 0.4) is 0 Å². The molecule has 0 aliphatic heterocycles. The number of likely N-dealkylation sites (N-methyl/N-ethyl adjacent to an activating group) is 1. The van der Waals surface area contributed by atoms with Gasteiger partial charge in [-0.1, -0.05) is 12.1 Å². The molecule has 0 bridgehead atoms. The Bertz CT molecular complexity index is 416. The number of hydrogen-bond acceptors (Lipinski definition) is 3. The van der Waals surface area contributed by atoms with Crippen LogP contribution in [0.4, 0.5) is 0 Å². The van der Waals surface area contributed by atoms with Crippen molar-refractivity contribution in [3.05, 3.63) is 29.8 Å². The number of rotatable bonds is 7. The maximum absolute atomic E-state index is 11.6. The zero-order valence-corrected chi connectivity index (χ0v) is 12.2. The van der Waals surface area contributed by atoms with Crippen LogP contribution in [0.1, 0.15) is 25.8 Å². The molecule has 0 saturated carbocycles. The van der Waals surface area contributed by atoms with Crippen molar-refractivity contribution in [1.29, 1.82) is 0 Å². The first kappa shape index (κ1) is 15.5. The molecule has 0 radical (unpaired) electrons. The summed E-state index contributed by atoms with van der Waals surface area (Å²) in [7, 11) is 3.43. The van der Waals surface area contributed by atoms with E-state index in [0.29, 0.717) is 6.54 Å². The second-order valence-electron chi connectivity index (χ2n) is 5.31. The number of nitrogens with one attached hydrogen (secondary N) is 2. The lowest BCUT2D eigenvalue weighted by Gasteiger charge is -2.26. The number of aryl methyl sites for hydroxylation is 1. The molecular weight excluding hydrogens is 240 g/mol. The Morgan fingerprint density at radius 1 is 1.37 bits per heavy atom. The molecule has 4 nitrogen and oxygen atoms in total. The van der Waals surface area contributed by atoms with Crippen LogP contribution in [-0.4, -0.2) is 32.1 Å². The Morgan fingerprint density at radius 2 is 2.11 bits per heavy atom. The summed E-state index contributed by atoms with van der Waals surface area (Å²) in [5, 5.41) is 5.87. The van der Waals surface area contributed by atoms with Crippen molar-refractivity contribution in [3.8, 4) is 5.75 Å². The summed E-state index contributed by atoms with van der Waals surface area (Å²) in [5.74, 6) is 0.896. The molecular formula is C15H24N2O2. The van der Waals surface area contributed by atoms with Crippen LogP contribution < -0.4 is 15.4 Å². The van der Waals surface area contributed by atoms with E-state index < -0.39 is 0 Å². The minimum atomic E-state index is -0.211. The van der Waals surface area contributed by atoms with E-state index in [1.165, 1.54) is 5.56 Å². The first-order chi connectivity index (χ1) is 8.96. The molecule has 2 N–H and O–H groups in total. The van der Waals surface area contributed by atoms with E-state index in [9.17, 15) is 4.79 Å². The molecule has 0 aromatic heterocycles. The third kappa shape index (κ3) is 5.75. The van der Waals surface area contributed by atoms with Crippen molar-refractivity contribution in [1.82, 2.24) is 10.6 Å². The van der Waals surface area contributed by atoms with Crippen molar-refractivity contribution in [2.75, 3.05) is 20.7 Å². The van der Waals surface area contributed by atoms with Gasteiger partial charge in [0, 0.05) is 5.54 Å². The largest absolute Gasteiger partial charge is 0.497 e. The molecule has 1 aromatic carbocycles. The molecule has 0 spiro atoms. The van der Waals surface area contributed by atoms with E-state index in [1.807, 2.05) is 32.0 Å². The van der Waals surface area contributed by atoms with E-state index in [2.05, 4.69) is 16.7 Å². The molecule has 106 valence electrons. The topological polar surface area (TPSA) is 50.4 Å². The normalized spacial score (nSPS) is 11.2. The van der Waals surface area contributed by atoms with Crippen molar-refractivity contribution in [3.63, 3.8) is 0 Å². The monoisotopic (exact) mass is 264 g/mol. The molecule has 0 saturated heterocycles. The van der Waals surface area contributed by atoms with E-state index in [0.717, 1.165) is 18.6 Å². The molecule has 0 atom stereocenters. The molecule has 1 rings (SSSR count). The Labute approximate surface area is 115 Å². The van der Waals surface area contributed by atoms with Gasteiger partial charge in [0.1, 0.15) is 5.75 Å². The average Bonchev–Trinajstić information content (AvgIpc) is 2.36. The van der Waals surface area contributed by atoms with Crippen LogP contribution in [0.5, 0.6) is 5.75 Å². The van der Waals surface area contributed by atoms with Gasteiger partial charge in [0.25, 0.3) is 0 Å². The Hall–Kier alpha value is -1.55. The molecule has 19 heavy (non-hydrogen) atoms. The van der Waals surface area contributed by atoms with Crippen LogP contribution in [0.2, 0.25) is 0 Å².